The third kappa shape index (κ3) is 2.86. The van der Waals surface area contributed by atoms with Crippen molar-refractivity contribution in [1.82, 2.24) is 19.5 Å². The molecular formula is C15H13N7O. The zero-order valence-corrected chi connectivity index (χ0v) is 12.1. The lowest BCUT2D eigenvalue weighted by Gasteiger charge is -2.10. The molecule has 0 saturated carbocycles. The highest BCUT2D eigenvalue weighted by Crippen LogP contribution is 2.19. The number of rotatable bonds is 4. The van der Waals surface area contributed by atoms with Gasteiger partial charge in [0.1, 0.15) is 17.4 Å². The number of hydrogen-bond acceptors (Lipinski definition) is 7. The van der Waals surface area contributed by atoms with E-state index in [0.29, 0.717) is 22.4 Å². The van der Waals surface area contributed by atoms with Gasteiger partial charge in [-0.15, -0.1) is 0 Å². The third-order valence-corrected chi connectivity index (χ3v) is 3.28. The van der Waals surface area contributed by atoms with Crippen LogP contribution < -0.4 is 10.8 Å². The van der Waals surface area contributed by atoms with Gasteiger partial charge in [-0.3, -0.25) is 5.41 Å². The Balaban J connectivity index is 2.02. The summed E-state index contributed by atoms with van der Waals surface area (Å²) in [5.74, 6) is 0.476. The zero-order valence-electron chi connectivity index (χ0n) is 12.1. The number of nitrogens with one attached hydrogen (secondary N) is 2. The molecule has 0 amide bonds. The number of aliphatic hydroxyl groups excluding tert-OH is 1. The van der Waals surface area contributed by atoms with Gasteiger partial charge >= 0.3 is 0 Å². The molecule has 8 heteroatoms. The molecule has 2 heterocycles. The summed E-state index contributed by atoms with van der Waals surface area (Å²) < 4.78 is 1.51. The van der Waals surface area contributed by atoms with E-state index in [1.807, 2.05) is 0 Å². The van der Waals surface area contributed by atoms with Crippen LogP contribution in [0.3, 0.4) is 0 Å². The molecule has 0 radical (unpaired) electrons. The van der Waals surface area contributed by atoms with E-state index in [0.717, 1.165) is 5.69 Å². The van der Waals surface area contributed by atoms with Crippen LogP contribution in [0.5, 0.6) is 0 Å². The molecule has 0 aliphatic carbocycles. The Kier molecular flexibility index (Phi) is 3.95. The van der Waals surface area contributed by atoms with Crippen molar-refractivity contribution >= 4 is 22.5 Å². The van der Waals surface area contributed by atoms with E-state index >= 15 is 0 Å². The van der Waals surface area contributed by atoms with Crippen LogP contribution in [0, 0.1) is 16.7 Å². The van der Waals surface area contributed by atoms with E-state index in [1.54, 1.807) is 24.3 Å². The molecule has 23 heavy (non-hydrogen) atoms. The van der Waals surface area contributed by atoms with Crippen LogP contribution in [-0.4, -0.2) is 31.2 Å². The summed E-state index contributed by atoms with van der Waals surface area (Å²) >= 11 is 0. The molecule has 3 N–H and O–H groups in total. The number of benzene rings is 1. The molecule has 0 aliphatic rings. The number of nitrogens with zero attached hydrogens (tertiary/aromatic N) is 5. The lowest BCUT2D eigenvalue weighted by Crippen LogP contribution is -2.23. The summed E-state index contributed by atoms with van der Waals surface area (Å²) in [6, 6.07) is 8.99. The molecule has 0 aliphatic heterocycles. The van der Waals surface area contributed by atoms with Crippen LogP contribution in [0.2, 0.25) is 0 Å². The van der Waals surface area contributed by atoms with Crippen molar-refractivity contribution in [3.63, 3.8) is 0 Å². The Bertz CT molecular complexity index is 941. The van der Waals surface area contributed by atoms with Crippen molar-refractivity contribution in [1.29, 1.82) is 10.7 Å². The normalized spacial score (nSPS) is 10.4. The average Bonchev–Trinajstić information content (AvgIpc) is 2.59. The van der Waals surface area contributed by atoms with Gasteiger partial charge in [-0.05, 0) is 24.3 Å². The molecule has 0 spiro atoms. The molecule has 0 saturated heterocycles. The number of hydrogen-bond donors (Lipinski definition) is 3. The second-order valence-electron chi connectivity index (χ2n) is 4.74. The molecule has 3 rings (SSSR count). The SMILES string of the molecule is N#Cc1ccc(Nc2ncnc3c(=N)n(CCO)cnc23)cc1. The third-order valence-electron chi connectivity index (χ3n) is 3.28. The maximum Gasteiger partial charge on any atom is 0.160 e. The minimum atomic E-state index is -0.0782. The highest BCUT2D eigenvalue weighted by atomic mass is 16.3. The van der Waals surface area contributed by atoms with Crippen LogP contribution in [0.4, 0.5) is 11.5 Å². The topological polar surface area (TPSA) is 124 Å². The lowest BCUT2D eigenvalue weighted by molar-refractivity contribution is 0.273. The smallest absolute Gasteiger partial charge is 0.160 e. The van der Waals surface area contributed by atoms with Crippen molar-refractivity contribution in [2.24, 2.45) is 0 Å². The van der Waals surface area contributed by atoms with Gasteiger partial charge in [-0.1, -0.05) is 0 Å². The van der Waals surface area contributed by atoms with Crippen molar-refractivity contribution < 1.29 is 5.11 Å². The largest absolute Gasteiger partial charge is 0.395 e. The van der Waals surface area contributed by atoms with Gasteiger partial charge < -0.3 is 15.0 Å². The number of aliphatic hydroxyl groups is 1. The molecule has 0 fully saturated rings. The predicted octanol–water partition coefficient (Wildman–Crippen LogP) is 0.913. The monoisotopic (exact) mass is 307 g/mol. The fourth-order valence-corrected chi connectivity index (χ4v) is 2.13. The van der Waals surface area contributed by atoms with E-state index in [2.05, 4.69) is 26.3 Å². The van der Waals surface area contributed by atoms with E-state index in [9.17, 15) is 0 Å². The molecule has 1 aromatic carbocycles. The molecule has 8 nitrogen and oxygen atoms in total. The number of anilines is 2. The molecule has 114 valence electrons. The Hall–Kier alpha value is -3.31. The summed E-state index contributed by atoms with van der Waals surface area (Å²) in [5.41, 5.74) is 2.35. The Morgan fingerprint density at radius 1 is 1.17 bits per heavy atom. The predicted molar refractivity (Wildman–Crippen MR) is 82.7 cm³/mol. The van der Waals surface area contributed by atoms with E-state index in [4.69, 9.17) is 15.8 Å². The Morgan fingerprint density at radius 2 is 1.96 bits per heavy atom. The quantitative estimate of drug-likeness (QED) is 0.658. The zero-order chi connectivity index (χ0) is 16.2. The van der Waals surface area contributed by atoms with Gasteiger partial charge in [0.25, 0.3) is 0 Å². The van der Waals surface area contributed by atoms with Crippen LogP contribution in [-0.2, 0) is 6.54 Å². The maximum atomic E-state index is 9.01. The highest BCUT2D eigenvalue weighted by molar-refractivity contribution is 5.85. The van der Waals surface area contributed by atoms with Gasteiger partial charge in [0, 0.05) is 12.2 Å². The second kappa shape index (κ2) is 6.21. The van der Waals surface area contributed by atoms with Crippen LogP contribution in [0.15, 0.2) is 36.9 Å². The number of aromatic nitrogens is 4. The first-order valence-corrected chi connectivity index (χ1v) is 6.85. The van der Waals surface area contributed by atoms with Crippen molar-refractivity contribution in [2.45, 2.75) is 6.54 Å². The molecule has 0 unspecified atom stereocenters. The summed E-state index contributed by atoms with van der Waals surface area (Å²) in [4.78, 5) is 12.6. The van der Waals surface area contributed by atoms with Crippen molar-refractivity contribution in [2.75, 3.05) is 11.9 Å². The molecule has 3 aromatic rings. The number of fused-ring (bicyclic) bond motifs is 1. The minimum absolute atomic E-state index is 0.0782. The fourth-order valence-electron chi connectivity index (χ4n) is 2.13. The van der Waals surface area contributed by atoms with Crippen LogP contribution in [0.1, 0.15) is 5.56 Å². The van der Waals surface area contributed by atoms with Gasteiger partial charge in [-0.2, -0.15) is 5.26 Å². The first-order chi connectivity index (χ1) is 11.2. The molecule has 0 bridgehead atoms. The first kappa shape index (κ1) is 14.6. The van der Waals surface area contributed by atoms with E-state index < -0.39 is 0 Å². The van der Waals surface area contributed by atoms with Crippen molar-refractivity contribution in [3.05, 3.63) is 48.0 Å². The van der Waals surface area contributed by atoms with E-state index in [1.165, 1.54) is 17.2 Å². The summed E-state index contributed by atoms with van der Waals surface area (Å²) in [6.45, 7) is 0.204. The molecule has 0 atom stereocenters. The number of nitriles is 1. The summed E-state index contributed by atoms with van der Waals surface area (Å²) in [6.07, 6.45) is 2.84. The average molecular weight is 307 g/mol. The van der Waals surface area contributed by atoms with Crippen molar-refractivity contribution in [3.8, 4) is 6.07 Å². The van der Waals surface area contributed by atoms with Gasteiger partial charge in [0.05, 0.1) is 24.6 Å². The lowest BCUT2D eigenvalue weighted by atomic mass is 10.2. The summed E-state index contributed by atoms with van der Waals surface area (Å²) in [5, 5.41) is 29.1. The van der Waals surface area contributed by atoms with Gasteiger partial charge in [0.15, 0.2) is 11.3 Å². The molecule has 2 aromatic heterocycles. The van der Waals surface area contributed by atoms with Crippen LogP contribution >= 0.6 is 0 Å². The van der Waals surface area contributed by atoms with Gasteiger partial charge in [-0.25, -0.2) is 15.0 Å². The first-order valence-electron chi connectivity index (χ1n) is 6.85. The summed E-state index contributed by atoms with van der Waals surface area (Å²) in [7, 11) is 0. The second-order valence-corrected chi connectivity index (χ2v) is 4.74. The fraction of sp³-hybridized carbons (Fsp3) is 0.133. The minimum Gasteiger partial charge on any atom is -0.395 e. The standard InChI is InChI=1S/C15H13N7O/c16-7-10-1-3-11(4-2-10)21-15-13-12(18-8-19-15)14(17)22(5-6-23)9-20-13/h1-4,8-9,17,23H,5-6H2,(H,18,19,21). The Morgan fingerprint density at radius 3 is 2.65 bits per heavy atom. The highest BCUT2D eigenvalue weighted by Gasteiger charge is 2.09. The van der Waals surface area contributed by atoms with Gasteiger partial charge in [0.2, 0.25) is 0 Å². The van der Waals surface area contributed by atoms with Crippen LogP contribution in [0.25, 0.3) is 11.0 Å². The Labute approximate surface area is 131 Å². The maximum absolute atomic E-state index is 9.01. The van der Waals surface area contributed by atoms with E-state index in [-0.39, 0.29) is 18.6 Å². The molecular weight excluding hydrogens is 294 g/mol.